The third-order valence-electron chi connectivity index (χ3n) is 4.12. The molecule has 0 fully saturated rings. The summed E-state index contributed by atoms with van der Waals surface area (Å²) < 4.78 is 5.31. The Morgan fingerprint density at radius 3 is 2.64 bits per heavy atom. The molecule has 7 heteroatoms. The van der Waals surface area contributed by atoms with Crippen molar-refractivity contribution >= 4 is 23.1 Å². The highest BCUT2D eigenvalue weighted by molar-refractivity contribution is 7.98. The van der Waals surface area contributed by atoms with Crippen molar-refractivity contribution < 1.29 is 4.74 Å². The van der Waals surface area contributed by atoms with Gasteiger partial charge in [0.1, 0.15) is 21.5 Å². The number of pyridine rings is 1. The monoisotopic (exact) mass is 406 g/mol. The Morgan fingerprint density at radius 1 is 1.04 bits per heavy atom. The Kier molecular flexibility index (Phi) is 5.64. The molecule has 0 N–H and O–H groups in total. The van der Waals surface area contributed by atoms with Crippen molar-refractivity contribution in [1.29, 1.82) is 0 Å². The molecular weight excluding hydrogens is 388 g/mol. The molecule has 0 amide bonds. The van der Waals surface area contributed by atoms with Gasteiger partial charge < -0.3 is 4.74 Å². The van der Waals surface area contributed by atoms with Crippen molar-refractivity contribution in [3.63, 3.8) is 0 Å². The van der Waals surface area contributed by atoms with Gasteiger partial charge in [-0.25, -0.2) is 4.98 Å². The Labute approximate surface area is 171 Å². The van der Waals surface area contributed by atoms with Crippen LogP contribution in [0.1, 0.15) is 11.3 Å². The predicted octanol–water partition coefficient (Wildman–Crippen LogP) is 5.27. The molecule has 0 spiro atoms. The number of aromatic nitrogens is 4. The van der Waals surface area contributed by atoms with Crippen LogP contribution in [0.4, 0.5) is 0 Å². The second kappa shape index (κ2) is 8.50. The molecule has 0 atom stereocenters. The molecular formula is C21H18N4OS2. The van der Waals surface area contributed by atoms with E-state index >= 15 is 0 Å². The summed E-state index contributed by atoms with van der Waals surface area (Å²) in [6.45, 7) is 2.00. The summed E-state index contributed by atoms with van der Waals surface area (Å²) in [5.74, 6) is 1.66. The minimum Gasteiger partial charge on any atom is -0.497 e. The first-order valence-electron chi connectivity index (χ1n) is 8.70. The maximum atomic E-state index is 5.31. The molecule has 0 saturated heterocycles. The van der Waals surface area contributed by atoms with Crippen LogP contribution in [0.2, 0.25) is 0 Å². The van der Waals surface area contributed by atoms with E-state index in [0.29, 0.717) is 0 Å². The average Bonchev–Trinajstić information content (AvgIpc) is 3.15. The number of thioether (sulfide) groups is 1. The average molecular weight is 407 g/mol. The lowest BCUT2D eigenvalue weighted by molar-refractivity contribution is 0.415. The number of ether oxygens (including phenoxy) is 1. The Balaban J connectivity index is 1.52. The van der Waals surface area contributed by atoms with Crippen LogP contribution in [0.3, 0.4) is 0 Å². The molecule has 140 valence electrons. The summed E-state index contributed by atoms with van der Waals surface area (Å²) in [5.41, 5.74) is 4.05. The number of hydrogen-bond acceptors (Lipinski definition) is 7. The Hall–Kier alpha value is -2.77. The number of benzene rings is 1. The fourth-order valence-corrected chi connectivity index (χ4v) is 4.47. The van der Waals surface area contributed by atoms with Crippen molar-refractivity contribution in [2.24, 2.45) is 0 Å². The van der Waals surface area contributed by atoms with Gasteiger partial charge in [0.05, 0.1) is 17.7 Å². The molecule has 4 aromatic rings. The standard InChI is InChI=1S/C21H18N4OS2/c1-14-20(28-21(23-14)16-4-3-5-17(12-16)26-2)18-6-7-19(25-24-18)27-13-15-8-10-22-11-9-15/h3-12H,13H2,1-2H3. The first-order chi connectivity index (χ1) is 13.7. The van der Waals surface area contributed by atoms with Crippen molar-refractivity contribution in [2.45, 2.75) is 17.7 Å². The molecule has 28 heavy (non-hydrogen) atoms. The minimum absolute atomic E-state index is 0.822. The molecule has 0 radical (unpaired) electrons. The molecule has 0 aliphatic heterocycles. The Morgan fingerprint density at radius 2 is 1.89 bits per heavy atom. The second-order valence-electron chi connectivity index (χ2n) is 6.07. The highest BCUT2D eigenvalue weighted by atomic mass is 32.2. The van der Waals surface area contributed by atoms with Crippen LogP contribution in [-0.4, -0.2) is 27.3 Å². The number of hydrogen-bond donors (Lipinski definition) is 0. The summed E-state index contributed by atoms with van der Waals surface area (Å²) in [4.78, 5) is 9.79. The Bertz CT molecular complexity index is 1070. The summed E-state index contributed by atoms with van der Waals surface area (Å²) in [6, 6.07) is 16.0. The van der Waals surface area contributed by atoms with Crippen LogP contribution in [0, 0.1) is 6.92 Å². The van der Waals surface area contributed by atoms with E-state index in [1.165, 1.54) is 5.56 Å². The fraction of sp³-hybridized carbons (Fsp3) is 0.143. The maximum absolute atomic E-state index is 5.31. The van der Waals surface area contributed by atoms with E-state index in [-0.39, 0.29) is 0 Å². The first kappa shape index (κ1) is 18.6. The van der Waals surface area contributed by atoms with Crippen molar-refractivity contribution in [3.8, 4) is 26.9 Å². The van der Waals surface area contributed by atoms with E-state index in [9.17, 15) is 0 Å². The van der Waals surface area contributed by atoms with E-state index in [1.807, 2.05) is 55.5 Å². The SMILES string of the molecule is COc1cccc(-c2nc(C)c(-c3ccc(SCc4ccncc4)nn3)s2)c1. The van der Waals surface area contributed by atoms with Crippen LogP contribution >= 0.6 is 23.1 Å². The summed E-state index contributed by atoms with van der Waals surface area (Å²) in [5, 5.41) is 10.6. The number of rotatable bonds is 6. The third-order valence-corrected chi connectivity index (χ3v) is 6.34. The largest absolute Gasteiger partial charge is 0.497 e. The maximum Gasteiger partial charge on any atom is 0.124 e. The van der Waals surface area contributed by atoms with Crippen LogP contribution < -0.4 is 4.74 Å². The van der Waals surface area contributed by atoms with E-state index in [0.717, 1.165) is 43.4 Å². The van der Waals surface area contributed by atoms with Crippen molar-refractivity contribution in [1.82, 2.24) is 20.2 Å². The van der Waals surface area contributed by atoms with Gasteiger partial charge in [-0.3, -0.25) is 4.98 Å². The third kappa shape index (κ3) is 4.21. The molecule has 0 aliphatic carbocycles. The normalized spacial score (nSPS) is 10.8. The van der Waals surface area contributed by atoms with Crippen LogP contribution in [0.15, 0.2) is 66.0 Å². The van der Waals surface area contributed by atoms with Crippen molar-refractivity contribution in [3.05, 3.63) is 72.2 Å². The topological polar surface area (TPSA) is 60.8 Å². The van der Waals surface area contributed by atoms with Gasteiger partial charge in [0.25, 0.3) is 0 Å². The summed E-state index contributed by atoms with van der Waals surface area (Å²) in [6.07, 6.45) is 3.61. The molecule has 4 rings (SSSR count). The quantitative estimate of drug-likeness (QED) is 0.407. The fourth-order valence-electron chi connectivity index (χ4n) is 2.67. The van der Waals surface area contributed by atoms with Gasteiger partial charge in [-0.1, -0.05) is 23.9 Å². The lowest BCUT2D eigenvalue weighted by atomic mass is 10.2. The first-order valence-corrected chi connectivity index (χ1v) is 10.5. The van der Waals surface area contributed by atoms with E-state index < -0.39 is 0 Å². The number of nitrogens with zero attached hydrogens (tertiary/aromatic N) is 4. The van der Waals surface area contributed by atoms with E-state index in [1.54, 1.807) is 42.6 Å². The van der Waals surface area contributed by atoms with Gasteiger partial charge in [-0.05, 0) is 48.9 Å². The van der Waals surface area contributed by atoms with E-state index in [2.05, 4.69) is 15.2 Å². The van der Waals surface area contributed by atoms with Gasteiger partial charge >= 0.3 is 0 Å². The van der Waals surface area contributed by atoms with Gasteiger partial charge in [0, 0.05) is 23.7 Å². The van der Waals surface area contributed by atoms with E-state index in [4.69, 9.17) is 9.72 Å². The molecule has 3 aromatic heterocycles. The van der Waals surface area contributed by atoms with Gasteiger partial charge in [-0.15, -0.1) is 21.5 Å². The lowest BCUT2D eigenvalue weighted by Crippen LogP contribution is -1.90. The van der Waals surface area contributed by atoms with Gasteiger partial charge in [-0.2, -0.15) is 0 Å². The van der Waals surface area contributed by atoms with Crippen molar-refractivity contribution in [2.75, 3.05) is 7.11 Å². The number of aryl methyl sites for hydroxylation is 1. The summed E-state index contributed by atoms with van der Waals surface area (Å²) in [7, 11) is 1.67. The molecule has 0 bridgehead atoms. The van der Waals surface area contributed by atoms with Gasteiger partial charge in [0.15, 0.2) is 0 Å². The van der Waals surface area contributed by atoms with Crippen LogP contribution in [-0.2, 0) is 5.75 Å². The molecule has 1 aromatic carbocycles. The number of thiazole rings is 1. The zero-order valence-electron chi connectivity index (χ0n) is 15.5. The highest BCUT2D eigenvalue weighted by Gasteiger charge is 2.13. The molecule has 5 nitrogen and oxygen atoms in total. The molecule has 0 saturated carbocycles. The molecule has 3 heterocycles. The predicted molar refractivity (Wildman–Crippen MR) is 114 cm³/mol. The molecule has 0 unspecified atom stereocenters. The zero-order chi connectivity index (χ0) is 19.3. The highest BCUT2D eigenvalue weighted by Crippen LogP contribution is 2.35. The lowest BCUT2D eigenvalue weighted by Gasteiger charge is -2.02. The second-order valence-corrected chi connectivity index (χ2v) is 8.06. The van der Waals surface area contributed by atoms with Crippen LogP contribution in [0.25, 0.3) is 21.1 Å². The summed E-state index contributed by atoms with van der Waals surface area (Å²) >= 11 is 3.28. The minimum atomic E-state index is 0.822. The smallest absolute Gasteiger partial charge is 0.124 e. The van der Waals surface area contributed by atoms with Gasteiger partial charge in [0.2, 0.25) is 0 Å². The number of methoxy groups -OCH3 is 1. The molecule has 0 aliphatic rings. The van der Waals surface area contributed by atoms with Crippen LogP contribution in [0.5, 0.6) is 5.75 Å². The zero-order valence-corrected chi connectivity index (χ0v) is 17.1.